The van der Waals surface area contributed by atoms with Gasteiger partial charge in [0.2, 0.25) is 0 Å². The van der Waals surface area contributed by atoms with E-state index in [4.69, 9.17) is 4.42 Å². The van der Waals surface area contributed by atoms with E-state index in [-0.39, 0.29) is 5.82 Å². The van der Waals surface area contributed by atoms with Crippen LogP contribution in [-0.2, 0) is 0 Å². The topological polar surface area (TPSA) is 26.0 Å². The Labute approximate surface area is 56.3 Å². The summed E-state index contributed by atoms with van der Waals surface area (Å²) in [6.45, 7) is 0. The van der Waals surface area contributed by atoms with E-state index < -0.39 is 0 Å². The maximum atomic E-state index is 12.4. The van der Waals surface area contributed by atoms with Crippen LogP contribution in [0.5, 0.6) is 0 Å². The molecule has 0 atom stereocenters. The average Bonchev–Trinajstić information content (AvgIpc) is 2.33. The van der Waals surface area contributed by atoms with Crippen molar-refractivity contribution in [3.05, 3.63) is 30.4 Å². The van der Waals surface area contributed by atoms with Crippen LogP contribution in [0.15, 0.2) is 29.0 Å². The molecule has 1 aromatic heterocycles. The molecule has 2 aromatic rings. The fraction of sp³-hybridized carbons (Fsp3) is 0. The van der Waals surface area contributed by atoms with E-state index in [1.807, 2.05) is 0 Å². The molecule has 0 saturated heterocycles. The van der Waals surface area contributed by atoms with Gasteiger partial charge in [0.05, 0.1) is 0 Å². The van der Waals surface area contributed by atoms with E-state index in [1.54, 1.807) is 6.07 Å². The van der Waals surface area contributed by atoms with Gasteiger partial charge in [-0.15, -0.1) is 0 Å². The van der Waals surface area contributed by atoms with Crippen molar-refractivity contribution in [1.29, 1.82) is 0 Å². The second kappa shape index (κ2) is 1.80. The zero-order valence-corrected chi connectivity index (χ0v) is 5.04. The average molecular weight is 137 g/mol. The van der Waals surface area contributed by atoms with Crippen LogP contribution in [0.4, 0.5) is 4.39 Å². The van der Waals surface area contributed by atoms with Gasteiger partial charge in [-0.05, 0) is 12.1 Å². The van der Waals surface area contributed by atoms with Crippen LogP contribution in [0.3, 0.4) is 0 Å². The first-order valence-electron chi connectivity index (χ1n) is 2.85. The first kappa shape index (κ1) is 5.41. The van der Waals surface area contributed by atoms with Crippen LogP contribution in [0.25, 0.3) is 11.1 Å². The van der Waals surface area contributed by atoms with Crippen LogP contribution >= 0.6 is 0 Å². The highest BCUT2D eigenvalue weighted by Gasteiger charge is 1.97. The first-order valence-corrected chi connectivity index (χ1v) is 2.85. The highest BCUT2D eigenvalue weighted by Crippen LogP contribution is 2.12. The van der Waals surface area contributed by atoms with Crippen molar-refractivity contribution >= 4 is 11.1 Å². The maximum Gasteiger partial charge on any atom is 0.181 e. The second-order valence-corrected chi connectivity index (χ2v) is 1.96. The third kappa shape index (κ3) is 0.673. The van der Waals surface area contributed by atoms with Gasteiger partial charge in [-0.1, -0.05) is 0 Å². The van der Waals surface area contributed by atoms with Crippen molar-refractivity contribution in [3.8, 4) is 0 Å². The van der Waals surface area contributed by atoms with Crippen LogP contribution in [0, 0.1) is 5.82 Å². The van der Waals surface area contributed by atoms with E-state index in [0.29, 0.717) is 11.1 Å². The predicted molar refractivity (Wildman–Crippen MR) is 34.0 cm³/mol. The maximum absolute atomic E-state index is 12.4. The molecule has 2 rings (SSSR count). The zero-order chi connectivity index (χ0) is 6.97. The van der Waals surface area contributed by atoms with E-state index in [2.05, 4.69) is 4.98 Å². The summed E-state index contributed by atoms with van der Waals surface area (Å²) in [6, 6.07) is 4.24. The molecule has 0 saturated carbocycles. The Morgan fingerprint density at radius 1 is 1.40 bits per heavy atom. The smallest absolute Gasteiger partial charge is 0.181 e. The Hall–Kier alpha value is -1.38. The van der Waals surface area contributed by atoms with Crippen molar-refractivity contribution < 1.29 is 8.81 Å². The van der Waals surface area contributed by atoms with Gasteiger partial charge in [0.25, 0.3) is 0 Å². The monoisotopic (exact) mass is 137 g/mol. The van der Waals surface area contributed by atoms with Gasteiger partial charge < -0.3 is 4.42 Å². The summed E-state index contributed by atoms with van der Waals surface area (Å²) in [7, 11) is 0. The number of halogens is 1. The normalized spacial score (nSPS) is 10.5. The predicted octanol–water partition coefficient (Wildman–Crippen LogP) is 1.97. The highest BCUT2D eigenvalue weighted by molar-refractivity contribution is 5.71. The number of rotatable bonds is 0. The number of hydrogen-bond acceptors (Lipinski definition) is 2. The van der Waals surface area contributed by atoms with E-state index in [0.717, 1.165) is 0 Å². The molecule has 3 heteroatoms. The van der Waals surface area contributed by atoms with Gasteiger partial charge >= 0.3 is 0 Å². The lowest BCUT2D eigenvalue weighted by atomic mass is 10.3. The van der Waals surface area contributed by atoms with Gasteiger partial charge in [-0.3, -0.25) is 0 Å². The molecule has 0 radical (unpaired) electrons. The third-order valence-electron chi connectivity index (χ3n) is 1.29. The standard InChI is InChI=1S/C7H4FNO/c8-5-1-2-6-7(3-5)10-4-9-6/h1-4H. The fourth-order valence-corrected chi connectivity index (χ4v) is 0.829. The molecule has 0 unspecified atom stereocenters. The molecule has 1 aromatic carbocycles. The minimum atomic E-state index is -0.302. The molecule has 0 aliphatic carbocycles. The Morgan fingerprint density at radius 3 is 3.20 bits per heavy atom. The Bertz CT molecular complexity index is 355. The van der Waals surface area contributed by atoms with Crippen molar-refractivity contribution in [2.45, 2.75) is 0 Å². The van der Waals surface area contributed by atoms with Crippen LogP contribution in [0.2, 0.25) is 0 Å². The lowest BCUT2D eigenvalue weighted by molar-refractivity contribution is 0.590. The molecule has 0 fully saturated rings. The minimum absolute atomic E-state index is 0.302. The lowest BCUT2D eigenvalue weighted by Gasteiger charge is -1.84. The Kier molecular flexibility index (Phi) is 0.974. The summed E-state index contributed by atoms with van der Waals surface area (Å²) in [6.07, 6.45) is 1.30. The van der Waals surface area contributed by atoms with E-state index in [9.17, 15) is 4.39 Å². The lowest BCUT2D eigenvalue weighted by Crippen LogP contribution is -1.70. The zero-order valence-electron chi connectivity index (χ0n) is 5.04. The van der Waals surface area contributed by atoms with E-state index in [1.165, 1.54) is 18.5 Å². The summed E-state index contributed by atoms with van der Waals surface area (Å²) >= 11 is 0. The number of oxazole rings is 1. The fourth-order valence-electron chi connectivity index (χ4n) is 0.829. The molecule has 10 heavy (non-hydrogen) atoms. The van der Waals surface area contributed by atoms with Crippen molar-refractivity contribution in [1.82, 2.24) is 4.98 Å². The van der Waals surface area contributed by atoms with Crippen molar-refractivity contribution in [2.75, 3.05) is 0 Å². The molecule has 0 N–H and O–H groups in total. The molecular formula is C7H4FNO. The molecule has 0 amide bonds. The van der Waals surface area contributed by atoms with Gasteiger partial charge in [0.15, 0.2) is 12.0 Å². The van der Waals surface area contributed by atoms with Gasteiger partial charge in [0, 0.05) is 6.07 Å². The number of nitrogens with zero attached hydrogens (tertiary/aromatic N) is 1. The Balaban J connectivity index is 2.86. The first-order chi connectivity index (χ1) is 4.86. The summed E-state index contributed by atoms with van der Waals surface area (Å²) in [5.41, 5.74) is 1.17. The van der Waals surface area contributed by atoms with Crippen LogP contribution < -0.4 is 0 Å². The Morgan fingerprint density at radius 2 is 2.30 bits per heavy atom. The molecule has 0 bridgehead atoms. The highest BCUT2D eigenvalue weighted by atomic mass is 19.1. The van der Waals surface area contributed by atoms with Gasteiger partial charge in [-0.25, -0.2) is 9.37 Å². The van der Waals surface area contributed by atoms with Crippen molar-refractivity contribution in [2.24, 2.45) is 0 Å². The number of hydrogen-bond donors (Lipinski definition) is 0. The molecule has 50 valence electrons. The van der Waals surface area contributed by atoms with Crippen LogP contribution in [0.1, 0.15) is 0 Å². The molecule has 0 aliphatic rings. The quantitative estimate of drug-likeness (QED) is 0.554. The van der Waals surface area contributed by atoms with Gasteiger partial charge in [-0.2, -0.15) is 0 Å². The largest absolute Gasteiger partial charge is 0.443 e. The molecule has 0 aliphatic heterocycles. The molecule has 1 heterocycles. The number of fused-ring (bicyclic) bond motifs is 1. The minimum Gasteiger partial charge on any atom is -0.443 e. The number of aromatic nitrogens is 1. The second-order valence-electron chi connectivity index (χ2n) is 1.96. The molecule has 0 spiro atoms. The SMILES string of the molecule is Fc1ccc2ncoc2c1. The van der Waals surface area contributed by atoms with Gasteiger partial charge in [0.1, 0.15) is 11.3 Å². The van der Waals surface area contributed by atoms with Crippen molar-refractivity contribution in [3.63, 3.8) is 0 Å². The third-order valence-corrected chi connectivity index (χ3v) is 1.29. The summed E-state index contributed by atoms with van der Waals surface area (Å²) in [5.74, 6) is -0.302. The molecule has 2 nitrogen and oxygen atoms in total. The summed E-state index contributed by atoms with van der Waals surface area (Å²) < 4.78 is 17.3. The number of benzene rings is 1. The molecular weight excluding hydrogens is 133 g/mol. The summed E-state index contributed by atoms with van der Waals surface area (Å²) in [4.78, 5) is 3.83. The summed E-state index contributed by atoms with van der Waals surface area (Å²) in [5, 5.41) is 0. The van der Waals surface area contributed by atoms with Crippen LogP contribution in [-0.4, -0.2) is 4.98 Å². The van der Waals surface area contributed by atoms with E-state index >= 15 is 0 Å².